The standard InChI is InChI=1S/C18H15ClFNO3/c19-14-3-1-2-13(18(23)24)16(14)21-17(22)15(10-4-5-10)11-6-8-12(20)9-7-11/h1-3,6-10,15H,4-5H2,(H,21,22)(H,23,24). The summed E-state index contributed by atoms with van der Waals surface area (Å²) >= 11 is 6.06. The largest absolute Gasteiger partial charge is 0.478 e. The molecule has 0 saturated heterocycles. The van der Waals surface area contributed by atoms with Gasteiger partial charge in [-0.25, -0.2) is 9.18 Å². The molecule has 1 aliphatic rings. The normalized spacial score (nSPS) is 14.9. The molecule has 1 fully saturated rings. The minimum absolute atomic E-state index is 0.0653. The van der Waals surface area contributed by atoms with E-state index in [9.17, 15) is 19.1 Å². The molecule has 24 heavy (non-hydrogen) atoms. The lowest BCUT2D eigenvalue weighted by molar-refractivity contribution is -0.118. The molecular formula is C18H15ClFNO3. The highest BCUT2D eigenvalue weighted by Crippen LogP contribution is 2.43. The molecule has 1 unspecified atom stereocenters. The van der Waals surface area contributed by atoms with Crippen molar-refractivity contribution < 1.29 is 19.1 Å². The fourth-order valence-corrected chi connectivity index (χ4v) is 2.99. The van der Waals surface area contributed by atoms with Crippen molar-refractivity contribution in [1.82, 2.24) is 0 Å². The fraction of sp³-hybridized carbons (Fsp3) is 0.222. The lowest BCUT2D eigenvalue weighted by atomic mass is 9.93. The number of carboxylic acids is 1. The second kappa shape index (κ2) is 6.61. The number of rotatable bonds is 5. The molecule has 0 radical (unpaired) electrons. The van der Waals surface area contributed by atoms with E-state index in [1.165, 1.54) is 30.3 Å². The summed E-state index contributed by atoms with van der Waals surface area (Å²) in [6.07, 6.45) is 1.81. The van der Waals surface area contributed by atoms with Crippen LogP contribution in [-0.4, -0.2) is 17.0 Å². The second-order valence-electron chi connectivity index (χ2n) is 5.82. The quantitative estimate of drug-likeness (QED) is 0.847. The third kappa shape index (κ3) is 3.41. The summed E-state index contributed by atoms with van der Waals surface area (Å²) in [5, 5.41) is 12.1. The Morgan fingerprint density at radius 3 is 2.42 bits per heavy atom. The summed E-state index contributed by atoms with van der Waals surface area (Å²) in [6.45, 7) is 0. The van der Waals surface area contributed by atoms with Gasteiger partial charge in [0, 0.05) is 0 Å². The van der Waals surface area contributed by atoms with Crippen molar-refractivity contribution >= 4 is 29.2 Å². The van der Waals surface area contributed by atoms with Gasteiger partial charge in [-0.05, 0) is 48.6 Å². The van der Waals surface area contributed by atoms with Crippen molar-refractivity contribution in [2.24, 2.45) is 5.92 Å². The monoisotopic (exact) mass is 347 g/mol. The Balaban J connectivity index is 1.90. The molecule has 6 heteroatoms. The van der Waals surface area contributed by atoms with Gasteiger partial charge < -0.3 is 10.4 Å². The number of aromatic carboxylic acids is 1. The Morgan fingerprint density at radius 1 is 1.17 bits per heavy atom. The molecule has 3 rings (SSSR count). The Labute approximate surface area is 143 Å². The molecule has 2 N–H and O–H groups in total. The van der Waals surface area contributed by atoms with Gasteiger partial charge in [0.1, 0.15) is 5.82 Å². The maximum atomic E-state index is 13.1. The Morgan fingerprint density at radius 2 is 1.83 bits per heavy atom. The number of carboxylic acid groups (broad SMARTS) is 1. The van der Waals surface area contributed by atoms with Crippen LogP contribution in [0.1, 0.15) is 34.7 Å². The zero-order valence-corrected chi connectivity index (χ0v) is 13.4. The van der Waals surface area contributed by atoms with E-state index in [2.05, 4.69) is 5.32 Å². The number of carbonyl (C=O) groups is 2. The Kier molecular flexibility index (Phi) is 4.53. The first kappa shape index (κ1) is 16.5. The molecule has 4 nitrogen and oxygen atoms in total. The van der Waals surface area contributed by atoms with Crippen molar-refractivity contribution in [2.75, 3.05) is 5.32 Å². The van der Waals surface area contributed by atoms with Crippen molar-refractivity contribution in [2.45, 2.75) is 18.8 Å². The van der Waals surface area contributed by atoms with Crippen LogP contribution in [0.25, 0.3) is 0 Å². The Hall–Kier alpha value is -2.40. The zero-order valence-electron chi connectivity index (χ0n) is 12.6. The van der Waals surface area contributed by atoms with E-state index in [1.54, 1.807) is 12.1 Å². The van der Waals surface area contributed by atoms with E-state index in [0.717, 1.165) is 12.8 Å². The fourth-order valence-electron chi connectivity index (χ4n) is 2.77. The highest BCUT2D eigenvalue weighted by atomic mass is 35.5. The molecule has 0 heterocycles. The number of benzene rings is 2. The summed E-state index contributed by atoms with van der Waals surface area (Å²) in [7, 11) is 0. The van der Waals surface area contributed by atoms with E-state index in [0.29, 0.717) is 5.56 Å². The SMILES string of the molecule is O=C(O)c1cccc(Cl)c1NC(=O)C(c1ccc(F)cc1)C1CC1. The summed E-state index contributed by atoms with van der Waals surface area (Å²) < 4.78 is 13.1. The number of para-hydroxylation sites is 1. The first-order chi connectivity index (χ1) is 11.5. The van der Waals surface area contributed by atoms with Gasteiger partial charge in [0.05, 0.1) is 22.2 Å². The van der Waals surface area contributed by atoms with Gasteiger partial charge in [-0.2, -0.15) is 0 Å². The highest BCUT2D eigenvalue weighted by molar-refractivity contribution is 6.34. The summed E-state index contributed by atoms with van der Waals surface area (Å²) in [6, 6.07) is 10.2. The van der Waals surface area contributed by atoms with Crippen molar-refractivity contribution in [3.05, 3.63) is 64.4 Å². The predicted molar refractivity (Wildman–Crippen MR) is 88.9 cm³/mol. The van der Waals surface area contributed by atoms with Crippen LogP contribution in [0.3, 0.4) is 0 Å². The minimum atomic E-state index is -1.17. The van der Waals surface area contributed by atoms with Gasteiger partial charge in [0.15, 0.2) is 0 Å². The van der Waals surface area contributed by atoms with Gasteiger partial charge in [-0.1, -0.05) is 29.8 Å². The molecule has 0 aromatic heterocycles. The van der Waals surface area contributed by atoms with Gasteiger partial charge in [-0.3, -0.25) is 4.79 Å². The maximum absolute atomic E-state index is 13.1. The van der Waals surface area contributed by atoms with E-state index in [-0.39, 0.29) is 33.9 Å². The van der Waals surface area contributed by atoms with Crippen molar-refractivity contribution in [3.8, 4) is 0 Å². The van der Waals surface area contributed by atoms with Gasteiger partial charge in [0.25, 0.3) is 0 Å². The van der Waals surface area contributed by atoms with E-state index in [1.807, 2.05) is 0 Å². The van der Waals surface area contributed by atoms with E-state index in [4.69, 9.17) is 11.6 Å². The molecular weight excluding hydrogens is 333 g/mol. The van der Waals surface area contributed by atoms with E-state index >= 15 is 0 Å². The molecule has 1 atom stereocenters. The minimum Gasteiger partial charge on any atom is -0.478 e. The molecule has 124 valence electrons. The molecule has 0 spiro atoms. The molecule has 1 saturated carbocycles. The molecule has 2 aromatic rings. The van der Waals surface area contributed by atoms with Crippen LogP contribution in [0.4, 0.5) is 10.1 Å². The third-order valence-electron chi connectivity index (χ3n) is 4.10. The van der Waals surface area contributed by atoms with Crippen molar-refractivity contribution in [1.29, 1.82) is 0 Å². The number of nitrogens with one attached hydrogen (secondary N) is 1. The van der Waals surface area contributed by atoms with Crippen LogP contribution >= 0.6 is 11.6 Å². The van der Waals surface area contributed by atoms with Gasteiger partial charge >= 0.3 is 5.97 Å². The lowest BCUT2D eigenvalue weighted by Gasteiger charge is -2.18. The van der Waals surface area contributed by atoms with Crippen LogP contribution in [-0.2, 0) is 4.79 Å². The van der Waals surface area contributed by atoms with Crippen molar-refractivity contribution in [3.63, 3.8) is 0 Å². The first-order valence-corrected chi connectivity index (χ1v) is 7.93. The maximum Gasteiger partial charge on any atom is 0.337 e. The first-order valence-electron chi connectivity index (χ1n) is 7.55. The summed E-state index contributed by atoms with van der Waals surface area (Å²) in [5.41, 5.74) is 0.731. The number of hydrogen-bond donors (Lipinski definition) is 2. The molecule has 2 aromatic carbocycles. The van der Waals surface area contributed by atoms with Crippen LogP contribution < -0.4 is 5.32 Å². The molecule has 0 aliphatic heterocycles. The third-order valence-corrected chi connectivity index (χ3v) is 4.41. The number of hydrogen-bond acceptors (Lipinski definition) is 2. The number of carbonyl (C=O) groups excluding carboxylic acids is 1. The van der Waals surface area contributed by atoms with Crippen LogP contribution in [0.2, 0.25) is 5.02 Å². The van der Waals surface area contributed by atoms with Gasteiger partial charge in [0.2, 0.25) is 5.91 Å². The smallest absolute Gasteiger partial charge is 0.337 e. The Bertz CT molecular complexity index is 787. The number of anilines is 1. The van der Waals surface area contributed by atoms with Gasteiger partial charge in [-0.15, -0.1) is 0 Å². The topological polar surface area (TPSA) is 66.4 Å². The summed E-state index contributed by atoms with van der Waals surface area (Å²) in [5.74, 6) is -2.15. The van der Waals surface area contributed by atoms with Crippen LogP contribution in [0.15, 0.2) is 42.5 Å². The number of halogens is 2. The number of amides is 1. The lowest BCUT2D eigenvalue weighted by Crippen LogP contribution is -2.24. The highest BCUT2D eigenvalue weighted by Gasteiger charge is 2.37. The summed E-state index contributed by atoms with van der Waals surface area (Å²) in [4.78, 5) is 24.1. The average Bonchev–Trinajstić information content (AvgIpc) is 3.36. The van der Waals surface area contributed by atoms with Crippen LogP contribution in [0.5, 0.6) is 0 Å². The van der Waals surface area contributed by atoms with Crippen LogP contribution in [0, 0.1) is 11.7 Å². The zero-order chi connectivity index (χ0) is 17.3. The second-order valence-corrected chi connectivity index (χ2v) is 6.23. The molecule has 1 amide bonds. The molecule has 0 bridgehead atoms. The predicted octanol–water partition coefficient (Wildman–Crippen LogP) is 4.31. The average molecular weight is 348 g/mol. The van der Waals surface area contributed by atoms with E-state index < -0.39 is 11.9 Å². The molecule has 1 aliphatic carbocycles.